The molecule has 0 bridgehead atoms. The number of hydrogen-bond donors (Lipinski definition) is 3. The van der Waals surface area contributed by atoms with Crippen molar-refractivity contribution in [3.63, 3.8) is 0 Å². The van der Waals surface area contributed by atoms with E-state index in [-0.39, 0.29) is 17.4 Å². The van der Waals surface area contributed by atoms with Crippen LogP contribution < -0.4 is 5.32 Å². The number of fused-ring (bicyclic) bond motifs is 1. The lowest BCUT2D eigenvalue weighted by Crippen LogP contribution is -2.12. The number of hydrogen-bond acceptors (Lipinski definition) is 5. The summed E-state index contributed by atoms with van der Waals surface area (Å²) in [5, 5.41) is 11.2. The van der Waals surface area contributed by atoms with Crippen molar-refractivity contribution in [3.8, 4) is 0 Å². The van der Waals surface area contributed by atoms with Gasteiger partial charge in [-0.05, 0) is 0 Å². The molecule has 8 nitrogen and oxygen atoms in total. The molecule has 2 rings (SSSR count). The van der Waals surface area contributed by atoms with E-state index in [1.807, 2.05) is 0 Å². The normalized spacial score (nSPS) is 10.3. The number of carbonyl (C=O) groups excluding carboxylic acids is 1. The molecule has 0 fully saturated rings. The van der Waals surface area contributed by atoms with Crippen LogP contribution in [0.3, 0.4) is 0 Å². The average Bonchev–Trinajstić information content (AvgIpc) is 2.64. The number of aromatic nitrogens is 4. The van der Waals surface area contributed by atoms with E-state index in [1.165, 1.54) is 13.3 Å². The number of rotatable bonds is 2. The smallest absolute Gasteiger partial charge is 0.374 e. The van der Waals surface area contributed by atoms with Crippen LogP contribution in [0, 0.1) is 0 Å². The summed E-state index contributed by atoms with van der Waals surface area (Å²) in [6, 6.07) is 0. The van der Waals surface area contributed by atoms with Gasteiger partial charge in [0.1, 0.15) is 5.52 Å². The fourth-order valence-electron chi connectivity index (χ4n) is 1.19. The van der Waals surface area contributed by atoms with Gasteiger partial charge in [-0.2, -0.15) is 0 Å². The van der Waals surface area contributed by atoms with Gasteiger partial charge in [0.25, 0.3) is 0 Å². The number of aromatic amines is 1. The number of imidazole rings is 1. The lowest BCUT2D eigenvalue weighted by atomic mass is 10.4. The van der Waals surface area contributed by atoms with Crippen LogP contribution in [-0.4, -0.2) is 36.9 Å². The minimum atomic E-state index is -1.28. The van der Waals surface area contributed by atoms with Crippen molar-refractivity contribution >= 4 is 28.9 Å². The fourth-order valence-corrected chi connectivity index (χ4v) is 1.19. The van der Waals surface area contributed by atoms with Crippen LogP contribution in [0.25, 0.3) is 11.2 Å². The highest BCUT2D eigenvalue weighted by Gasteiger charge is 2.14. The van der Waals surface area contributed by atoms with Crippen LogP contribution in [0.2, 0.25) is 0 Å². The first-order chi connectivity index (χ1) is 7.58. The third kappa shape index (κ3) is 1.67. The number of anilines is 1. The Morgan fingerprint density at radius 1 is 1.44 bits per heavy atom. The number of carboxylic acids is 1. The van der Waals surface area contributed by atoms with Crippen molar-refractivity contribution in [2.45, 2.75) is 6.92 Å². The predicted molar refractivity (Wildman–Crippen MR) is 52.9 cm³/mol. The minimum absolute atomic E-state index is 0.104. The van der Waals surface area contributed by atoms with Gasteiger partial charge in [0.15, 0.2) is 11.5 Å². The summed E-state index contributed by atoms with van der Waals surface area (Å²) in [6.45, 7) is 1.30. The van der Waals surface area contributed by atoms with Crippen LogP contribution in [0.5, 0.6) is 0 Å². The highest BCUT2D eigenvalue weighted by atomic mass is 16.4. The van der Waals surface area contributed by atoms with Gasteiger partial charge >= 0.3 is 5.97 Å². The van der Waals surface area contributed by atoms with Crippen molar-refractivity contribution in [1.82, 2.24) is 19.9 Å². The number of carbonyl (C=O) groups is 2. The van der Waals surface area contributed by atoms with Gasteiger partial charge in [0.05, 0.1) is 6.33 Å². The molecular formula is C8H7N5O3. The van der Waals surface area contributed by atoms with Crippen LogP contribution in [0.1, 0.15) is 17.5 Å². The Kier molecular flexibility index (Phi) is 2.24. The van der Waals surface area contributed by atoms with Gasteiger partial charge in [-0.15, -0.1) is 0 Å². The molecule has 0 radical (unpaired) electrons. The van der Waals surface area contributed by atoms with Gasteiger partial charge < -0.3 is 15.4 Å². The molecule has 0 saturated heterocycles. The number of aromatic carboxylic acids is 1. The third-order valence-electron chi connectivity index (χ3n) is 1.77. The Hall–Kier alpha value is -2.51. The predicted octanol–water partition coefficient (Wildman–Crippen LogP) is 0.00950. The lowest BCUT2D eigenvalue weighted by molar-refractivity contribution is -0.114. The molecule has 2 heterocycles. The van der Waals surface area contributed by atoms with Gasteiger partial charge in [0.2, 0.25) is 11.7 Å². The molecular weight excluding hydrogens is 214 g/mol. The van der Waals surface area contributed by atoms with Gasteiger partial charge in [-0.1, -0.05) is 0 Å². The number of nitrogens with one attached hydrogen (secondary N) is 2. The summed E-state index contributed by atoms with van der Waals surface area (Å²) >= 11 is 0. The molecule has 0 saturated carbocycles. The highest BCUT2D eigenvalue weighted by Crippen LogP contribution is 2.16. The Bertz CT molecular complexity index is 576. The summed E-state index contributed by atoms with van der Waals surface area (Å²) in [6.07, 6.45) is 1.34. The molecule has 2 aromatic rings. The molecule has 0 atom stereocenters. The summed E-state index contributed by atoms with van der Waals surface area (Å²) in [5.74, 6) is -1.95. The van der Waals surface area contributed by atoms with Gasteiger partial charge in [-0.3, -0.25) is 4.79 Å². The minimum Gasteiger partial charge on any atom is -0.475 e. The molecule has 1 amide bonds. The van der Waals surface area contributed by atoms with Crippen molar-refractivity contribution < 1.29 is 14.7 Å². The SMILES string of the molecule is CC(=O)Nc1nc(C(=O)O)nc2nc[nH]c12. The van der Waals surface area contributed by atoms with Crippen molar-refractivity contribution in [2.75, 3.05) is 5.32 Å². The number of nitrogens with zero attached hydrogens (tertiary/aromatic N) is 3. The number of carboxylic acid groups (broad SMARTS) is 1. The maximum atomic E-state index is 10.9. The zero-order chi connectivity index (χ0) is 11.7. The monoisotopic (exact) mass is 221 g/mol. The number of amides is 1. The first kappa shape index (κ1) is 10.0. The molecule has 16 heavy (non-hydrogen) atoms. The van der Waals surface area contributed by atoms with Crippen molar-refractivity contribution in [2.24, 2.45) is 0 Å². The highest BCUT2D eigenvalue weighted by molar-refractivity contribution is 5.97. The van der Waals surface area contributed by atoms with E-state index in [0.29, 0.717) is 5.52 Å². The molecule has 0 unspecified atom stereocenters. The molecule has 0 spiro atoms. The van der Waals surface area contributed by atoms with Crippen LogP contribution in [0.15, 0.2) is 6.33 Å². The zero-order valence-electron chi connectivity index (χ0n) is 8.18. The summed E-state index contributed by atoms with van der Waals surface area (Å²) in [7, 11) is 0. The fraction of sp³-hybridized carbons (Fsp3) is 0.125. The maximum absolute atomic E-state index is 10.9. The number of H-pyrrole nitrogens is 1. The molecule has 0 aliphatic rings. The Morgan fingerprint density at radius 2 is 2.19 bits per heavy atom. The lowest BCUT2D eigenvalue weighted by Gasteiger charge is -2.02. The van der Waals surface area contributed by atoms with Crippen LogP contribution >= 0.6 is 0 Å². The second-order valence-corrected chi connectivity index (χ2v) is 2.98. The zero-order valence-corrected chi connectivity index (χ0v) is 8.18. The second kappa shape index (κ2) is 3.57. The van der Waals surface area contributed by atoms with E-state index >= 15 is 0 Å². The molecule has 0 aliphatic heterocycles. The Labute approximate surface area is 88.7 Å². The van der Waals surface area contributed by atoms with Crippen LogP contribution in [0.4, 0.5) is 5.82 Å². The first-order valence-corrected chi connectivity index (χ1v) is 4.30. The summed E-state index contributed by atoms with van der Waals surface area (Å²) in [5.41, 5.74) is 0.580. The summed E-state index contributed by atoms with van der Waals surface area (Å²) in [4.78, 5) is 35.6. The first-order valence-electron chi connectivity index (χ1n) is 4.30. The topological polar surface area (TPSA) is 121 Å². The van der Waals surface area contributed by atoms with Gasteiger partial charge in [0, 0.05) is 6.92 Å². The van der Waals surface area contributed by atoms with E-state index in [9.17, 15) is 9.59 Å². The summed E-state index contributed by atoms with van der Waals surface area (Å²) < 4.78 is 0. The second-order valence-electron chi connectivity index (χ2n) is 2.98. The molecule has 82 valence electrons. The molecule has 0 aliphatic carbocycles. The largest absolute Gasteiger partial charge is 0.475 e. The van der Waals surface area contributed by atoms with Crippen LogP contribution in [-0.2, 0) is 4.79 Å². The van der Waals surface area contributed by atoms with E-state index in [0.717, 1.165) is 0 Å². The van der Waals surface area contributed by atoms with E-state index in [4.69, 9.17) is 5.11 Å². The molecule has 0 aromatic carbocycles. The average molecular weight is 221 g/mol. The Balaban J connectivity index is 2.63. The Morgan fingerprint density at radius 3 is 2.81 bits per heavy atom. The third-order valence-corrected chi connectivity index (χ3v) is 1.77. The molecule has 8 heteroatoms. The van der Waals surface area contributed by atoms with E-state index in [2.05, 4.69) is 25.3 Å². The van der Waals surface area contributed by atoms with Crippen molar-refractivity contribution in [3.05, 3.63) is 12.2 Å². The quantitative estimate of drug-likeness (QED) is 0.656. The van der Waals surface area contributed by atoms with Gasteiger partial charge in [-0.25, -0.2) is 19.7 Å². The molecule has 2 aromatic heterocycles. The standard InChI is InChI=1S/C8H7N5O3/c1-3(14)11-6-4-5(10-2-9-4)12-7(13-6)8(15)16/h2H,1H3,(H,15,16)(H2,9,10,11,12,13,14). The molecule has 3 N–H and O–H groups in total. The van der Waals surface area contributed by atoms with E-state index < -0.39 is 11.8 Å². The maximum Gasteiger partial charge on any atom is 0.374 e. The van der Waals surface area contributed by atoms with Crippen molar-refractivity contribution in [1.29, 1.82) is 0 Å². The van der Waals surface area contributed by atoms with E-state index in [1.54, 1.807) is 0 Å².